The Morgan fingerprint density at radius 3 is 2.32 bits per heavy atom. The second-order valence-electron chi connectivity index (χ2n) is 5.24. The van der Waals surface area contributed by atoms with Crippen LogP contribution in [-0.2, 0) is 17.6 Å². The van der Waals surface area contributed by atoms with E-state index in [-0.39, 0.29) is 0 Å². The molecule has 4 nitrogen and oxygen atoms in total. The molecule has 3 aromatic rings. The van der Waals surface area contributed by atoms with Crippen molar-refractivity contribution in [1.82, 2.24) is 0 Å². The van der Waals surface area contributed by atoms with E-state index in [1.54, 1.807) is 6.07 Å². The van der Waals surface area contributed by atoms with Gasteiger partial charge < -0.3 is 9.46 Å². The Labute approximate surface area is 154 Å². The summed E-state index contributed by atoms with van der Waals surface area (Å²) in [6.07, 6.45) is 0. The van der Waals surface area contributed by atoms with Gasteiger partial charge in [-0.1, -0.05) is 42.5 Å². The normalized spacial score (nSPS) is 11.7. The van der Waals surface area contributed by atoms with Crippen molar-refractivity contribution in [3.63, 3.8) is 0 Å². The highest BCUT2D eigenvalue weighted by Gasteiger charge is 2.06. The van der Waals surface area contributed by atoms with Crippen molar-refractivity contribution in [2.75, 3.05) is 4.72 Å². The van der Waals surface area contributed by atoms with Gasteiger partial charge in [0, 0.05) is 4.90 Å². The lowest BCUT2D eigenvalue weighted by atomic mass is 10.2. The smallest absolute Gasteiger partial charge is 0.124 e. The van der Waals surface area contributed by atoms with E-state index in [1.807, 2.05) is 72.8 Å². The number of anilines is 1. The van der Waals surface area contributed by atoms with E-state index in [1.165, 1.54) is 11.9 Å². The van der Waals surface area contributed by atoms with Gasteiger partial charge >= 0.3 is 0 Å². The Morgan fingerprint density at radius 1 is 0.920 bits per heavy atom. The molecule has 0 heterocycles. The van der Waals surface area contributed by atoms with E-state index >= 15 is 0 Å². The van der Waals surface area contributed by atoms with Crippen LogP contribution in [-0.4, -0.2) is 4.21 Å². The number of hydrogen-bond donors (Lipinski definition) is 2. The van der Waals surface area contributed by atoms with Crippen LogP contribution in [0.5, 0.6) is 5.75 Å². The van der Waals surface area contributed by atoms with E-state index in [9.17, 15) is 4.21 Å². The second-order valence-corrected chi connectivity index (χ2v) is 7.16. The number of hydrogen-bond acceptors (Lipinski definition) is 4. The molecule has 0 radical (unpaired) electrons. The molecule has 0 amide bonds. The monoisotopic (exact) mass is 370 g/mol. The molecule has 0 aliphatic heterocycles. The predicted molar refractivity (Wildman–Crippen MR) is 104 cm³/mol. The minimum Gasteiger partial charge on any atom is -0.489 e. The Hall–Kier alpha value is -2.28. The first kappa shape index (κ1) is 17.5. The molecule has 3 aromatic carbocycles. The maximum atomic E-state index is 11.5. The Balaban J connectivity index is 1.57. The summed E-state index contributed by atoms with van der Waals surface area (Å²) in [5.41, 5.74) is 1.88. The molecule has 3 rings (SSSR count). The average Bonchev–Trinajstić information content (AvgIpc) is 2.66. The van der Waals surface area contributed by atoms with Crippen LogP contribution in [0.1, 0.15) is 5.56 Å². The molecule has 0 aliphatic carbocycles. The maximum absolute atomic E-state index is 11.5. The van der Waals surface area contributed by atoms with Crippen molar-refractivity contribution in [2.24, 2.45) is 5.14 Å². The summed E-state index contributed by atoms with van der Waals surface area (Å²) in [4.78, 5) is 1.60. The van der Waals surface area contributed by atoms with Gasteiger partial charge in [0.2, 0.25) is 0 Å². The van der Waals surface area contributed by atoms with Gasteiger partial charge in [0.25, 0.3) is 0 Å². The molecule has 3 N–H and O–H groups in total. The van der Waals surface area contributed by atoms with E-state index in [0.29, 0.717) is 11.5 Å². The minimum atomic E-state index is -1.52. The molecule has 0 bridgehead atoms. The fourth-order valence-electron chi connectivity index (χ4n) is 2.19. The van der Waals surface area contributed by atoms with E-state index in [2.05, 4.69) is 4.72 Å². The fraction of sp³-hybridized carbons (Fsp3) is 0.0526. The van der Waals surface area contributed by atoms with Crippen molar-refractivity contribution >= 4 is 28.6 Å². The highest BCUT2D eigenvalue weighted by Crippen LogP contribution is 2.26. The van der Waals surface area contributed by atoms with Crippen LogP contribution < -0.4 is 14.6 Å². The van der Waals surface area contributed by atoms with Crippen LogP contribution >= 0.6 is 11.9 Å². The van der Waals surface area contributed by atoms with Gasteiger partial charge in [0.05, 0.1) is 10.6 Å². The summed E-state index contributed by atoms with van der Waals surface area (Å²) in [7, 11) is -1.52. The standard InChI is InChI=1S/C19H18N2O2S2/c20-25(22)19-9-5-4-8-18(19)21-24-17-12-10-16(11-13-17)23-14-15-6-2-1-3-7-15/h1-13,21H,14,20H2. The van der Waals surface area contributed by atoms with Crippen LogP contribution in [0.3, 0.4) is 0 Å². The first-order chi connectivity index (χ1) is 12.2. The highest BCUT2D eigenvalue weighted by molar-refractivity contribution is 8.00. The quantitative estimate of drug-likeness (QED) is 0.606. The molecule has 0 spiro atoms. The number of benzene rings is 3. The van der Waals surface area contributed by atoms with Crippen molar-refractivity contribution in [3.8, 4) is 5.75 Å². The number of para-hydroxylation sites is 1. The van der Waals surface area contributed by atoms with Crippen molar-refractivity contribution < 1.29 is 8.95 Å². The SMILES string of the molecule is NS(=O)c1ccccc1NSc1ccc(OCc2ccccc2)cc1. The number of nitrogens with two attached hydrogens (primary N) is 1. The maximum Gasteiger partial charge on any atom is 0.124 e. The third kappa shape index (κ3) is 5.09. The first-order valence-electron chi connectivity index (χ1n) is 7.67. The largest absolute Gasteiger partial charge is 0.489 e. The van der Waals surface area contributed by atoms with Crippen molar-refractivity contribution in [2.45, 2.75) is 16.4 Å². The van der Waals surface area contributed by atoms with Gasteiger partial charge in [-0.15, -0.1) is 0 Å². The Bertz CT molecular complexity index is 840. The van der Waals surface area contributed by atoms with Gasteiger partial charge in [0.15, 0.2) is 0 Å². The van der Waals surface area contributed by atoms with E-state index in [4.69, 9.17) is 9.88 Å². The van der Waals surface area contributed by atoms with Gasteiger partial charge in [-0.2, -0.15) is 0 Å². The second kappa shape index (κ2) is 8.71. The molecule has 0 saturated carbocycles. The van der Waals surface area contributed by atoms with Gasteiger partial charge in [-0.3, -0.25) is 0 Å². The van der Waals surface area contributed by atoms with Crippen LogP contribution in [0.15, 0.2) is 88.7 Å². The summed E-state index contributed by atoms with van der Waals surface area (Å²) in [5.74, 6) is 0.816. The highest BCUT2D eigenvalue weighted by atomic mass is 32.2. The third-order valence-electron chi connectivity index (χ3n) is 3.45. The van der Waals surface area contributed by atoms with Crippen LogP contribution in [0, 0.1) is 0 Å². The summed E-state index contributed by atoms with van der Waals surface area (Å²) in [5, 5.41) is 5.49. The third-order valence-corrected chi connectivity index (χ3v) is 5.07. The van der Waals surface area contributed by atoms with E-state index in [0.717, 1.165) is 21.9 Å². The molecule has 0 aromatic heterocycles. The van der Waals surface area contributed by atoms with Crippen molar-refractivity contribution in [3.05, 3.63) is 84.4 Å². The molecule has 1 atom stereocenters. The van der Waals surface area contributed by atoms with Gasteiger partial charge in [0.1, 0.15) is 23.3 Å². The van der Waals surface area contributed by atoms with Crippen molar-refractivity contribution in [1.29, 1.82) is 0 Å². The zero-order valence-corrected chi connectivity index (χ0v) is 15.1. The molecule has 25 heavy (non-hydrogen) atoms. The zero-order valence-electron chi connectivity index (χ0n) is 13.4. The zero-order chi connectivity index (χ0) is 17.5. The van der Waals surface area contributed by atoms with Crippen LogP contribution in [0.4, 0.5) is 5.69 Å². The summed E-state index contributed by atoms with van der Waals surface area (Å²) in [6.45, 7) is 0.543. The lowest BCUT2D eigenvalue weighted by Gasteiger charge is -2.10. The molecule has 0 aliphatic rings. The number of rotatable bonds is 7. The summed E-state index contributed by atoms with van der Waals surface area (Å²) in [6, 6.07) is 25.1. The first-order valence-corrected chi connectivity index (χ1v) is 9.70. The van der Waals surface area contributed by atoms with Crippen LogP contribution in [0.2, 0.25) is 0 Å². The summed E-state index contributed by atoms with van der Waals surface area (Å²) >= 11 is 1.43. The predicted octanol–water partition coefficient (Wildman–Crippen LogP) is 4.37. The Kier molecular flexibility index (Phi) is 6.11. The number of ether oxygens (including phenoxy) is 1. The summed E-state index contributed by atoms with van der Waals surface area (Å²) < 4.78 is 20.5. The minimum absolute atomic E-state index is 0.543. The molecular formula is C19H18N2O2S2. The van der Waals surface area contributed by atoms with Gasteiger partial charge in [-0.05, 0) is 53.9 Å². The fourth-order valence-corrected chi connectivity index (χ4v) is 3.48. The van der Waals surface area contributed by atoms with Crippen LogP contribution in [0.25, 0.3) is 0 Å². The van der Waals surface area contributed by atoms with Gasteiger partial charge in [-0.25, -0.2) is 9.35 Å². The lowest BCUT2D eigenvalue weighted by Crippen LogP contribution is -2.05. The molecule has 0 saturated heterocycles. The Morgan fingerprint density at radius 2 is 1.60 bits per heavy atom. The molecule has 128 valence electrons. The van der Waals surface area contributed by atoms with E-state index < -0.39 is 11.0 Å². The number of nitrogens with one attached hydrogen (secondary N) is 1. The molecule has 0 fully saturated rings. The lowest BCUT2D eigenvalue weighted by molar-refractivity contribution is 0.306. The molecular weight excluding hydrogens is 352 g/mol. The molecule has 1 unspecified atom stereocenters. The topological polar surface area (TPSA) is 64.4 Å². The molecule has 6 heteroatoms. The average molecular weight is 370 g/mol.